The van der Waals surface area contributed by atoms with Crippen molar-refractivity contribution in [2.45, 2.75) is 37.8 Å². The highest BCUT2D eigenvalue weighted by atomic mass is 16.4. The number of carboxylic acids is 1. The predicted molar refractivity (Wildman–Crippen MR) is 123 cm³/mol. The number of nitrogens with one attached hydrogen (secondary N) is 1. The number of carboxylic acid groups (broad SMARTS) is 1. The van der Waals surface area contributed by atoms with Crippen molar-refractivity contribution in [3.8, 4) is 5.75 Å². The summed E-state index contributed by atoms with van der Waals surface area (Å²) >= 11 is 0. The molecule has 0 radical (unpaired) electrons. The topological polar surface area (TPSA) is 120 Å². The number of aliphatic carboxylic acids is 1. The number of furan rings is 1. The monoisotopic (exact) mass is 462 g/mol. The Morgan fingerprint density at radius 2 is 1.85 bits per heavy atom. The van der Waals surface area contributed by atoms with Crippen LogP contribution in [0.1, 0.15) is 37.1 Å². The predicted octanol–water partition coefficient (Wildman–Crippen LogP) is 3.25. The van der Waals surface area contributed by atoms with Crippen molar-refractivity contribution in [1.82, 2.24) is 10.2 Å². The molecule has 0 saturated carbocycles. The Morgan fingerprint density at radius 3 is 2.53 bits per heavy atom. The first-order valence-electron chi connectivity index (χ1n) is 11.5. The fourth-order valence-electron chi connectivity index (χ4n) is 5.37. The zero-order chi connectivity index (χ0) is 24.0. The molecule has 2 saturated heterocycles. The van der Waals surface area contributed by atoms with Crippen LogP contribution in [0.25, 0.3) is 11.0 Å². The Morgan fingerprint density at radius 1 is 1.12 bits per heavy atom. The second kappa shape index (κ2) is 8.29. The third kappa shape index (κ3) is 3.37. The Balaban J connectivity index is 1.62. The van der Waals surface area contributed by atoms with E-state index in [2.05, 4.69) is 5.32 Å². The van der Waals surface area contributed by atoms with E-state index in [0.717, 1.165) is 11.8 Å². The molecular weight excluding hydrogens is 436 g/mol. The highest BCUT2D eigenvalue weighted by Gasteiger charge is 2.68. The van der Waals surface area contributed by atoms with Crippen LogP contribution < -0.4 is 5.32 Å². The number of likely N-dealkylation sites (tertiary alicyclic amines) is 1. The lowest BCUT2D eigenvalue weighted by Crippen LogP contribution is -2.57. The van der Waals surface area contributed by atoms with Gasteiger partial charge in [0.2, 0.25) is 11.8 Å². The maximum atomic E-state index is 13.5. The van der Waals surface area contributed by atoms with Gasteiger partial charge in [-0.3, -0.25) is 24.6 Å². The molecular formula is C26H26N2O6. The number of fused-ring (bicyclic) bond motifs is 2. The van der Waals surface area contributed by atoms with Crippen molar-refractivity contribution in [1.29, 1.82) is 0 Å². The summed E-state index contributed by atoms with van der Waals surface area (Å²) in [6.45, 7) is 2.24. The first-order chi connectivity index (χ1) is 16.4. The summed E-state index contributed by atoms with van der Waals surface area (Å²) < 4.78 is 6.03. The minimum atomic E-state index is -1.71. The number of unbranched alkanes of at least 4 members (excludes halogenated alkanes) is 1. The Hall–Kier alpha value is -3.65. The number of carbonyl (C=O) groups excluding carboxylic acids is 2. The fraction of sp³-hybridized carbons (Fsp3) is 0.346. The molecule has 3 N–H and O–H groups in total. The highest BCUT2D eigenvalue weighted by molar-refractivity contribution is 6.09. The molecule has 2 aliphatic rings. The molecule has 2 aromatic carbocycles. The molecule has 0 bridgehead atoms. The van der Waals surface area contributed by atoms with Crippen molar-refractivity contribution in [3.63, 3.8) is 0 Å². The van der Waals surface area contributed by atoms with Crippen LogP contribution in [0.3, 0.4) is 0 Å². The Kier molecular flexibility index (Phi) is 5.40. The van der Waals surface area contributed by atoms with E-state index in [4.69, 9.17) is 4.42 Å². The maximum Gasteiger partial charge on any atom is 0.325 e. The summed E-state index contributed by atoms with van der Waals surface area (Å²) in [5.41, 5.74) is -0.454. The molecule has 5 rings (SSSR count). The molecule has 3 aromatic rings. The van der Waals surface area contributed by atoms with E-state index < -0.39 is 35.3 Å². The van der Waals surface area contributed by atoms with E-state index in [1.807, 2.05) is 25.1 Å². The number of nitrogens with zero attached hydrogens (tertiary/aromatic N) is 1. The van der Waals surface area contributed by atoms with Gasteiger partial charge < -0.3 is 14.6 Å². The van der Waals surface area contributed by atoms with Crippen molar-refractivity contribution in [2.75, 3.05) is 6.54 Å². The van der Waals surface area contributed by atoms with Gasteiger partial charge in [-0.05, 0) is 36.2 Å². The van der Waals surface area contributed by atoms with Crippen molar-refractivity contribution in [2.24, 2.45) is 11.8 Å². The molecule has 2 aliphatic heterocycles. The summed E-state index contributed by atoms with van der Waals surface area (Å²) in [4.78, 5) is 41.1. The number of rotatable bonds is 7. The van der Waals surface area contributed by atoms with E-state index in [1.165, 1.54) is 17.0 Å². The van der Waals surface area contributed by atoms with Crippen molar-refractivity contribution >= 4 is 28.8 Å². The average molecular weight is 463 g/mol. The van der Waals surface area contributed by atoms with Gasteiger partial charge in [0.1, 0.15) is 22.6 Å². The summed E-state index contributed by atoms with van der Waals surface area (Å²) in [5.74, 6) is -3.51. The van der Waals surface area contributed by atoms with E-state index in [0.29, 0.717) is 23.3 Å². The lowest BCUT2D eigenvalue weighted by Gasteiger charge is -2.31. The van der Waals surface area contributed by atoms with Gasteiger partial charge in [-0.15, -0.1) is 0 Å². The van der Waals surface area contributed by atoms with Crippen LogP contribution >= 0.6 is 0 Å². The molecule has 1 aromatic heterocycles. The number of carbonyl (C=O) groups is 3. The third-order valence-corrected chi connectivity index (χ3v) is 7.03. The van der Waals surface area contributed by atoms with Crippen LogP contribution in [0.15, 0.2) is 59.0 Å². The lowest BCUT2D eigenvalue weighted by molar-refractivity contribution is -0.151. The fourth-order valence-corrected chi connectivity index (χ4v) is 5.37. The zero-order valence-corrected chi connectivity index (χ0v) is 18.7. The summed E-state index contributed by atoms with van der Waals surface area (Å²) in [5, 5.41) is 24.1. The van der Waals surface area contributed by atoms with Gasteiger partial charge in [0.25, 0.3) is 0 Å². The number of phenolic OH excluding ortho intramolecular Hbond substituents is 1. The number of amides is 2. The van der Waals surface area contributed by atoms with Gasteiger partial charge in [0.05, 0.1) is 17.9 Å². The van der Waals surface area contributed by atoms with Gasteiger partial charge in [-0.2, -0.15) is 0 Å². The summed E-state index contributed by atoms with van der Waals surface area (Å²) in [7, 11) is 0. The van der Waals surface area contributed by atoms with Gasteiger partial charge in [-0.1, -0.05) is 43.7 Å². The SMILES string of the molecule is CCCCN1C(=O)C2C(c3cc4ccccc4o3)NC(Cc3ccc(O)cc3)(C(=O)O)C2C1=O. The number of benzene rings is 2. The minimum Gasteiger partial charge on any atom is -0.508 e. The van der Waals surface area contributed by atoms with Crippen LogP contribution in [0.5, 0.6) is 5.75 Å². The normalized spacial score (nSPS) is 26.4. The van der Waals surface area contributed by atoms with Gasteiger partial charge in [0, 0.05) is 18.4 Å². The third-order valence-electron chi connectivity index (χ3n) is 7.03. The quantitative estimate of drug-likeness (QED) is 0.461. The lowest BCUT2D eigenvalue weighted by atomic mass is 9.76. The minimum absolute atomic E-state index is 0.0266. The highest BCUT2D eigenvalue weighted by Crippen LogP contribution is 2.50. The zero-order valence-electron chi connectivity index (χ0n) is 18.7. The molecule has 4 atom stereocenters. The largest absolute Gasteiger partial charge is 0.508 e. The number of para-hydroxylation sites is 1. The standard InChI is InChI=1S/C26H26N2O6/c1-2-3-12-28-23(30)20-21(24(28)31)26(25(32)33,14-15-8-10-17(29)11-9-15)27-22(20)19-13-16-6-4-5-7-18(16)34-19/h4-11,13,20-22,27,29H,2-3,12,14H2,1H3,(H,32,33). The molecule has 4 unspecified atom stereocenters. The smallest absolute Gasteiger partial charge is 0.325 e. The van der Waals surface area contributed by atoms with Crippen LogP contribution in [-0.4, -0.2) is 45.0 Å². The number of hydrogen-bond acceptors (Lipinski definition) is 6. The number of aromatic hydroxyl groups is 1. The second-order valence-corrected chi connectivity index (χ2v) is 9.11. The van der Waals surface area contributed by atoms with Crippen LogP contribution in [0.2, 0.25) is 0 Å². The molecule has 34 heavy (non-hydrogen) atoms. The Bertz CT molecular complexity index is 1230. The first kappa shape index (κ1) is 22.2. The molecule has 8 heteroatoms. The summed E-state index contributed by atoms with van der Waals surface area (Å²) in [6.07, 6.45) is 1.42. The van der Waals surface area contributed by atoms with E-state index in [9.17, 15) is 24.6 Å². The molecule has 8 nitrogen and oxygen atoms in total. The molecule has 3 heterocycles. The number of hydrogen-bond donors (Lipinski definition) is 3. The second-order valence-electron chi connectivity index (χ2n) is 9.11. The first-order valence-corrected chi connectivity index (χ1v) is 11.5. The number of phenols is 1. The van der Waals surface area contributed by atoms with Crippen LogP contribution in [0, 0.1) is 11.8 Å². The van der Waals surface area contributed by atoms with Crippen molar-refractivity contribution < 1.29 is 29.0 Å². The molecule has 0 aliphatic carbocycles. The van der Waals surface area contributed by atoms with Crippen LogP contribution in [-0.2, 0) is 20.8 Å². The Labute approximate surface area is 196 Å². The van der Waals surface area contributed by atoms with E-state index in [1.54, 1.807) is 24.3 Å². The number of imide groups is 1. The van der Waals surface area contributed by atoms with Crippen molar-refractivity contribution in [3.05, 3.63) is 65.9 Å². The van der Waals surface area contributed by atoms with E-state index >= 15 is 0 Å². The summed E-state index contributed by atoms with van der Waals surface area (Å²) in [6, 6.07) is 14.6. The van der Waals surface area contributed by atoms with Gasteiger partial charge >= 0.3 is 5.97 Å². The molecule has 0 spiro atoms. The molecule has 2 fully saturated rings. The average Bonchev–Trinajstić information content (AvgIpc) is 3.47. The van der Waals surface area contributed by atoms with Crippen LogP contribution in [0.4, 0.5) is 0 Å². The maximum absolute atomic E-state index is 13.5. The molecule has 2 amide bonds. The molecule has 176 valence electrons. The van der Waals surface area contributed by atoms with Gasteiger partial charge in [-0.25, -0.2) is 0 Å². The van der Waals surface area contributed by atoms with E-state index in [-0.39, 0.29) is 24.6 Å². The van der Waals surface area contributed by atoms with Gasteiger partial charge in [0.15, 0.2) is 0 Å².